The average molecular weight is 382 g/mol. The molecule has 2 aromatic carbocycles. The molecule has 5 nitrogen and oxygen atoms in total. The molecule has 1 atom stereocenters. The molecule has 0 spiro atoms. The minimum absolute atomic E-state index is 0.0754. The molecule has 3 rings (SSSR count). The highest BCUT2D eigenvalue weighted by Gasteiger charge is 2.30. The third kappa shape index (κ3) is 4.77. The smallest absolute Gasteiger partial charge is 0.254 e. The topological polar surface area (TPSA) is 61.8 Å². The van der Waals surface area contributed by atoms with Crippen molar-refractivity contribution in [2.75, 3.05) is 11.4 Å². The number of nitrogens with zero attached hydrogens (tertiary/aromatic N) is 2. The zero-order chi connectivity index (χ0) is 19.4. The molecule has 0 bridgehead atoms. The largest absolute Gasteiger partial charge is 0.351 e. The maximum Gasteiger partial charge on any atom is 0.254 e. The van der Waals surface area contributed by atoms with E-state index in [0.29, 0.717) is 11.7 Å². The Morgan fingerprint density at radius 1 is 1.11 bits per heavy atom. The second-order valence-electron chi connectivity index (χ2n) is 6.63. The first-order valence-electron chi connectivity index (χ1n) is 8.88. The van der Waals surface area contributed by atoms with Crippen LogP contribution in [-0.4, -0.2) is 28.8 Å². The second-order valence-corrected chi connectivity index (χ2v) is 7.93. The number of carbonyl (C=O) groups is 2. The highest BCUT2D eigenvalue weighted by Crippen LogP contribution is 2.26. The van der Waals surface area contributed by atoms with Crippen molar-refractivity contribution < 1.29 is 9.59 Å². The van der Waals surface area contributed by atoms with E-state index >= 15 is 0 Å². The van der Waals surface area contributed by atoms with Crippen molar-refractivity contribution in [1.29, 1.82) is 0 Å². The van der Waals surface area contributed by atoms with Crippen LogP contribution in [-0.2, 0) is 16.1 Å². The van der Waals surface area contributed by atoms with Gasteiger partial charge in [-0.15, -0.1) is 0 Å². The van der Waals surface area contributed by atoms with Crippen LogP contribution in [0.4, 0.5) is 5.69 Å². The number of amides is 2. The predicted octanol–water partition coefficient (Wildman–Crippen LogP) is 3.44. The second kappa shape index (κ2) is 8.39. The maximum atomic E-state index is 12.5. The van der Waals surface area contributed by atoms with Gasteiger partial charge in [-0.2, -0.15) is 0 Å². The summed E-state index contributed by atoms with van der Waals surface area (Å²) in [6.45, 7) is 6.46. The summed E-state index contributed by atoms with van der Waals surface area (Å²) >= 11 is 1.31. The van der Waals surface area contributed by atoms with E-state index in [9.17, 15) is 9.59 Å². The summed E-state index contributed by atoms with van der Waals surface area (Å²) in [6.07, 6.45) is 0. The lowest BCUT2D eigenvalue weighted by Crippen LogP contribution is -2.35. The molecular weight excluding hydrogens is 358 g/mol. The Balaban J connectivity index is 1.60. The van der Waals surface area contributed by atoms with E-state index in [-0.39, 0.29) is 23.6 Å². The van der Waals surface area contributed by atoms with Crippen LogP contribution in [0.3, 0.4) is 0 Å². The van der Waals surface area contributed by atoms with E-state index in [2.05, 4.69) is 10.3 Å². The molecule has 2 aromatic rings. The first-order chi connectivity index (χ1) is 12.9. The van der Waals surface area contributed by atoms with Crippen molar-refractivity contribution in [3.63, 3.8) is 0 Å². The minimum atomic E-state index is -0.354. The quantitative estimate of drug-likeness (QED) is 0.863. The molecule has 1 aliphatic rings. The minimum Gasteiger partial charge on any atom is -0.351 e. The molecule has 6 heteroatoms. The first kappa shape index (κ1) is 19.2. The number of hydrogen-bond acceptors (Lipinski definition) is 4. The van der Waals surface area contributed by atoms with Crippen molar-refractivity contribution in [3.05, 3.63) is 65.2 Å². The molecule has 1 aliphatic heterocycles. The van der Waals surface area contributed by atoms with Crippen LogP contribution in [0.5, 0.6) is 0 Å². The van der Waals surface area contributed by atoms with E-state index in [1.165, 1.54) is 17.3 Å². The van der Waals surface area contributed by atoms with Crippen LogP contribution in [0, 0.1) is 13.8 Å². The summed E-state index contributed by atoms with van der Waals surface area (Å²) in [5.74, 6) is -0.153. The third-order valence-corrected chi connectivity index (χ3v) is 5.41. The van der Waals surface area contributed by atoms with E-state index in [0.717, 1.165) is 16.8 Å². The molecule has 0 unspecified atom stereocenters. The van der Waals surface area contributed by atoms with Gasteiger partial charge in [-0.05, 0) is 38.5 Å². The summed E-state index contributed by atoms with van der Waals surface area (Å²) in [5.41, 5.74) is 4.15. The lowest BCUT2D eigenvalue weighted by atomic mass is 10.1. The van der Waals surface area contributed by atoms with Crippen LogP contribution in [0.25, 0.3) is 0 Å². The van der Waals surface area contributed by atoms with Gasteiger partial charge in [0.15, 0.2) is 5.17 Å². The van der Waals surface area contributed by atoms with Crippen molar-refractivity contribution in [1.82, 2.24) is 5.32 Å². The summed E-state index contributed by atoms with van der Waals surface area (Å²) in [5, 5.41) is 3.16. The van der Waals surface area contributed by atoms with Gasteiger partial charge in [0.25, 0.3) is 5.91 Å². The van der Waals surface area contributed by atoms with Gasteiger partial charge >= 0.3 is 0 Å². The molecule has 0 aromatic heterocycles. The van der Waals surface area contributed by atoms with Gasteiger partial charge in [-0.25, -0.2) is 0 Å². The number of carbonyl (C=O) groups excluding carboxylic acids is 2. The fourth-order valence-corrected chi connectivity index (χ4v) is 3.63. The number of aliphatic imine (C=N–C) groups is 1. The summed E-state index contributed by atoms with van der Waals surface area (Å²) in [7, 11) is 0. The summed E-state index contributed by atoms with van der Waals surface area (Å²) in [4.78, 5) is 30.6. The van der Waals surface area contributed by atoms with Crippen molar-refractivity contribution in [3.8, 4) is 0 Å². The number of amidine groups is 1. The van der Waals surface area contributed by atoms with Crippen LogP contribution >= 0.6 is 11.8 Å². The molecule has 0 saturated carbocycles. The summed E-state index contributed by atoms with van der Waals surface area (Å²) in [6, 6.07) is 15.8. The molecule has 0 saturated heterocycles. The average Bonchev–Trinajstić information content (AvgIpc) is 3.02. The molecule has 1 heterocycles. The molecule has 27 heavy (non-hydrogen) atoms. The highest BCUT2D eigenvalue weighted by atomic mass is 32.2. The van der Waals surface area contributed by atoms with Crippen molar-refractivity contribution in [2.24, 2.45) is 4.99 Å². The normalized spacial score (nSPS) is 14.9. The molecule has 0 aliphatic carbocycles. The highest BCUT2D eigenvalue weighted by molar-refractivity contribution is 8.15. The summed E-state index contributed by atoms with van der Waals surface area (Å²) < 4.78 is 0. The molecule has 140 valence electrons. The van der Waals surface area contributed by atoms with Gasteiger partial charge in [0.05, 0.1) is 10.9 Å². The number of thioether (sulfide) groups is 1. The maximum absolute atomic E-state index is 12.5. The van der Waals surface area contributed by atoms with Gasteiger partial charge in [0, 0.05) is 6.54 Å². The standard InChI is InChI=1S/C21H23N3O2S/c1-14-4-8-17(9-5-14)12-22-20(26)16(3)27-21-23-13-19(25)24(21)18-10-6-15(2)7-11-18/h4-11,16H,12-13H2,1-3H3,(H,22,26)/t16-/m0/s1. The Kier molecular flexibility index (Phi) is 5.96. The van der Waals surface area contributed by atoms with E-state index in [1.54, 1.807) is 4.90 Å². The molecule has 0 fully saturated rings. The van der Waals surface area contributed by atoms with E-state index in [4.69, 9.17) is 0 Å². The molecule has 2 amide bonds. The van der Waals surface area contributed by atoms with Gasteiger partial charge in [-0.1, -0.05) is 59.3 Å². The molecule has 1 N–H and O–H groups in total. The van der Waals surface area contributed by atoms with Gasteiger partial charge in [0.1, 0.15) is 6.54 Å². The Bertz CT molecular complexity index is 860. The van der Waals surface area contributed by atoms with Gasteiger partial charge in [-0.3, -0.25) is 19.5 Å². The lowest BCUT2D eigenvalue weighted by molar-refractivity contribution is -0.120. The Labute approximate surface area is 163 Å². The van der Waals surface area contributed by atoms with Crippen LogP contribution < -0.4 is 10.2 Å². The number of benzene rings is 2. The number of rotatable bonds is 5. The monoisotopic (exact) mass is 381 g/mol. The Morgan fingerprint density at radius 3 is 2.33 bits per heavy atom. The molecular formula is C21H23N3O2S. The number of nitrogens with one attached hydrogen (secondary N) is 1. The fourth-order valence-electron chi connectivity index (χ4n) is 2.67. The number of aryl methyl sites for hydroxylation is 2. The SMILES string of the molecule is Cc1ccc(CNC(=O)[C@H](C)SC2=NCC(=O)N2c2ccc(C)cc2)cc1. The van der Waals surface area contributed by atoms with E-state index < -0.39 is 0 Å². The van der Waals surface area contributed by atoms with Gasteiger partial charge in [0.2, 0.25) is 5.91 Å². The Hall–Kier alpha value is -2.60. The molecule has 0 radical (unpaired) electrons. The third-order valence-electron chi connectivity index (χ3n) is 4.32. The Morgan fingerprint density at radius 2 is 1.70 bits per heavy atom. The fraction of sp³-hybridized carbons (Fsp3) is 0.286. The number of hydrogen-bond donors (Lipinski definition) is 1. The van der Waals surface area contributed by atoms with Gasteiger partial charge < -0.3 is 5.32 Å². The van der Waals surface area contributed by atoms with Crippen molar-refractivity contribution >= 4 is 34.4 Å². The zero-order valence-electron chi connectivity index (χ0n) is 15.7. The number of anilines is 1. The zero-order valence-corrected chi connectivity index (χ0v) is 16.5. The predicted molar refractivity (Wildman–Crippen MR) is 111 cm³/mol. The van der Waals surface area contributed by atoms with E-state index in [1.807, 2.05) is 69.3 Å². The van der Waals surface area contributed by atoms with Crippen LogP contribution in [0.15, 0.2) is 53.5 Å². The van der Waals surface area contributed by atoms with Crippen LogP contribution in [0.1, 0.15) is 23.6 Å². The first-order valence-corrected chi connectivity index (χ1v) is 9.76. The van der Waals surface area contributed by atoms with Crippen LogP contribution in [0.2, 0.25) is 0 Å². The lowest BCUT2D eigenvalue weighted by Gasteiger charge is -2.20. The van der Waals surface area contributed by atoms with Crippen molar-refractivity contribution in [2.45, 2.75) is 32.6 Å².